The third kappa shape index (κ3) is 4.54. The van der Waals surface area contributed by atoms with Crippen molar-refractivity contribution in [1.82, 2.24) is 4.90 Å². The Morgan fingerprint density at radius 3 is 2.63 bits per heavy atom. The molecule has 194 valence electrons. The molecule has 3 aliphatic rings. The minimum atomic E-state index is -1.28. The molecule has 6 rings (SSSR count). The van der Waals surface area contributed by atoms with Gasteiger partial charge in [-0.1, -0.05) is 41.9 Å². The number of para-hydroxylation sites is 1. The number of ether oxygens (including phenoxy) is 1. The molecule has 1 aromatic heterocycles. The van der Waals surface area contributed by atoms with E-state index in [-0.39, 0.29) is 30.7 Å². The van der Waals surface area contributed by atoms with Crippen molar-refractivity contribution in [2.45, 2.75) is 25.5 Å². The highest BCUT2D eigenvalue weighted by Gasteiger charge is 2.58. The number of carbonyl (C=O) groups excluding carboxylic acids is 2. The van der Waals surface area contributed by atoms with Crippen molar-refractivity contribution in [3.8, 4) is 11.5 Å². The number of hydrogen-bond donors (Lipinski definition) is 2. The lowest BCUT2D eigenvalue weighted by atomic mass is 9.55. The Bertz CT molecular complexity index is 1400. The lowest BCUT2D eigenvalue weighted by Crippen LogP contribution is -2.45. The molecule has 7 nitrogen and oxygen atoms in total. The van der Waals surface area contributed by atoms with Crippen LogP contribution in [0.4, 0.5) is 0 Å². The zero-order valence-electron chi connectivity index (χ0n) is 20.3. The Morgan fingerprint density at radius 1 is 1.08 bits per heavy atom. The number of amides is 2. The number of benzene rings is 2. The molecule has 10 heteroatoms. The number of hydrogen-bond acceptors (Lipinski definition) is 7. The number of aromatic hydroxyl groups is 1. The number of phenolic OH excluding ortho intramolecular Hbond substituents is 1. The Kier molecular flexibility index (Phi) is 6.78. The fraction of sp³-hybridized carbons (Fsp3) is 0.286. The number of carbonyl (C=O) groups is 2. The molecule has 0 saturated carbocycles. The third-order valence-corrected chi connectivity index (χ3v) is 8.87. The average Bonchev–Trinajstić information content (AvgIpc) is 3.50. The molecule has 38 heavy (non-hydrogen) atoms. The normalized spacial score (nSPS) is 25.0. The molecule has 3 heterocycles. The van der Waals surface area contributed by atoms with Crippen molar-refractivity contribution in [2.24, 2.45) is 17.8 Å². The minimum Gasteiger partial charge on any atom is -0.508 e. The van der Waals surface area contributed by atoms with Crippen molar-refractivity contribution in [2.75, 3.05) is 6.61 Å². The van der Waals surface area contributed by atoms with E-state index in [1.165, 1.54) is 28.4 Å². The monoisotopic (exact) mass is 549 g/mol. The van der Waals surface area contributed by atoms with Crippen LogP contribution in [0, 0.1) is 17.8 Å². The molecule has 2 fully saturated rings. The number of fused-ring (bicyclic) bond motifs is 3. The highest BCUT2D eigenvalue weighted by Crippen LogP contribution is 2.52. The number of thiophene rings is 1. The maximum atomic E-state index is 13.8. The number of rotatable bonds is 6. The van der Waals surface area contributed by atoms with Crippen molar-refractivity contribution >= 4 is 41.9 Å². The lowest BCUT2D eigenvalue weighted by molar-refractivity contribution is -0.140. The highest BCUT2D eigenvalue weighted by atomic mass is 35.5. The number of nitrogens with zero attached hydrogens (tertiary/aromatic N) is 1. The summed E-state index contributed by atoms with van der Waals surface area (Å²) in [6, 6.07) is 17.7. The molecule has 3 aromatic rings. The zero-order chi connectivity index (χ0) is 26.4. The molecule has 0 radical (unpaired) electrons. The first-order chi connectivity index (χ1) is 18.4. The van der Waals surface area contributed by atoms with Crippen molar-refractivity contribution in [3.63, 3.8) is 0 Å². The first-order valence-electron chi connectivity index (χ1n) is 12.5. The van der Waals surface area contributed by atoms with Gasteiger partial charge in [0.1, 0.15) is 18.1 Å². The number of phenols is 1. The minimum absolute atomic E-state index is 0.0227. The van der Waals surface area contributed by atoms with Gasteiger partial charge < -0.3 is 19.5 Å². The van der Waals surface area contributed by atoms with E-state index in [1.807, 2.05) is 47.8 Å². The molecule has 4 atom stereocenters. The van der Waals surface area contributed by atoms with Gasteiger partial charge in [0.25, 0.3) is 0 Å². The van der Waals surface area contributed by atoms with E-state index in [1.54, 1.807) is 6.07 Å². The van der Waals surface area contributed by atoms with Gasteiger partial charge in [-0.3, -0.25) is 14.5 Å². The van der Waals surface area contributed by atoms with Crippen LogP contribution in [0.25, 0.3) is 0 Å². The number of halogens is 1. The van der Waals surface area contributed by atoms with E-state index >= 15 is 0 Å². The topological polar surface area (TPSA) is 96.3 Å². The van der Waals surface area contributed by atoms with Crippen molar-refractivity contribution in [1.29, 1.82) is 0 Å². The van der Waals surface area contributed by atoms with Gasteiger partial charge in [-0.25, -0.2) is 0 Å². The highest BCUT2D eigenvalue weighted by molar-refractivity contribution is 7.09. The summed E-state index contributed by atoms with van der Waals surface area (Å²) in [6.45, 7) is 0.420. The summed E-state index contributed by atoms with van der Waals surface area (Å²) in [5, 5.41) is 23.3. The van der Waals surface area contributed by atoms with Crippen LogP contribution in [0.5, 0.6) is 11.5 Å². The van der Waals surface area contributed by atoms with E-state index in [4.69, 9.17) is 21.0 Å². The third-order valence-electron chi connectivity index (χ3n) is 7.68. The number of likely N-dealkylation sites (tertiary alicyclic amines) is 1. The lowest BCUT2D eigenvalue weighted by Gasteiger charge is -2.42. The fourth-order valence-electron chi connectivity index (χ4n) is 5.99. The maximum absolute atomic E-state index is 13.8. The van der Waals surface area contributed by atoms with Gasteiger partial charge in [-0.2, -0.15) is 0 Å². The number of allylic oxidation sites excluding steroid dienone is 1. The van der Waals surface area contributed by atoms with Gasteiger partial charge in [0.15, 0.2) is 0 Å². The van der Waals surface area contributed by atoms with Gasteiger partial charge in [0.2, 0.25) is 11.8 Å². The molecule has 0 bridgehead atoms. The van der Waals surface area contributed by atoms with Crippen LogP contribution in [-0.2, 0) is 20.8 Å². The van der Waals surface area contributed by atoms with Crippen LogP contribution >= 0.6 is 22.9 Å². The van der Waals surface area contributed by atoms with E-state index < -0.39 is 31.0 Å². The largest absolute Gasteiger partial charge is 0.508 e. The Hall–Kier alpha value is -3.11. The van der Waals surface area contributed by atoms with E-state index in [0.29, 0.717) is 34.6 Å². The van der Waals surface area contributed by atoms with Crippen LogP contribution in [0.1, 0.15) is 29.4 Å². The summed E-state index contributed by atoms with van der Waals surface area (Å²) in [5.74, 6) is -1.27. The Morgan fingerprint density at radius 2 is 1.89 bits per heavy atom. The average molecular weight is 550 g/mol. The van der Waals surface area contributed by atoms with Gasteiger partial charge in [-0.05, 0) is 71.1 Å². The number of imide groups is 1. The first kappa shape index (κ1) is 25.2. The smallest absolute Gasteiger partial charge is 0.487 e. The van der Waals surface area contributed by atoms with Crippen LogP contribution in [0.15, 0.2) is 77.1 Å². The summed E-state index contributed by atoms with van der Waals surface area (Å²) in [6.07, 6.45) is 0.0645. The second-order valence-electron chi connectivity index (χ2n) is 9.86. The molecule has 2 saturated heterocycles. The van der Waals surface area contributed by atoms with Crippen LogP contribution < -0.4 is 4.74 Å². The second kappa shape index (κ2) is 10.2. The molecule has 2 N–H and O–H groups in total. The first-order valence-corrected chi connectivity index (χ1v) is 13.8. The molecular weight excluding hydrogens is 525 g/mol. The molecule has 2 aliphatic heterocycles. The molecule has 0 unspecified atom stereocenters. The van der Waals surface area contributed by atoms with Gasteiger partial charge in [-0.15, -0.1) is 11.3 Å². The van der Waals surface area contributed by atoms with E-state index in [0.717, 1.165) is 10.5 Å². The predicted molar refractivity (Wildman–Crippen MR) is 143 cm³/mol. The van der Waals surface area contributed by atoms with Gasteiger partial charge in [0, 0.05) is 9.90 Å². The summed E-state index contributed by atoms with van der Waals surface area (Å²) in [5.41, 5.74) is 2.01. The molecule has 2 amide bonds. The summed E-state index contributed by atoms with van der Waals surface area (Å²) in [7, 11) is -1.28. The van der Waals surface area contributed by atoms with Crippen LogP contribution in [0.2, 0.25) is 5.02 Å². The fourth-order valence-corrected chi connectivity index (χ4v) is 6.98. The van der Waals surface area contributed by atoms with Crippen LogP contribution in [-0.4, -0.2) is 40.6 Å². The summed E-state index contributed by atoms with van der Waals surface area (Å²) < 4.78 is 12.1. The Labute approximate surface area is 229 Å². The summed E-state index contributed by atoms with van der Waals surface area (Å²) >= 11 is 7.92. The van der Waals surface area contributed by atoms with Gasteiger partial charge in [0.05, 0.1) is 24.5 Å². The molecule has 0 spiro atoms. The standard InChI is InChI=1S/C28H25BClNO6S/c30-23-12-17(32)8-9-20(23)24-13-21-25-22(27(33)31(28(25)34)14-19-7-4-10-38-19)11-16(26(21)29(35)37-24)15-36-18-5-2-1-3-6-18/h1-10,12,21-22,24-25,32,35H,11,13-15H2/t21-,22-,24-,25+/m0/s1. The quantitative estimate of drug-likeness (QED) is 0.339. The molecular formula is C28H25BClNO6S. The summed E-state index contributed by atoms with van der Waals surface area (Å²) in [4.78, 5) is 29.7. The zero-order valence-corrected chi connectivity index (χ0v) is 21.9. The second-order valence-corrected chi connectivity index (χ2v) is 11.3. The predicted octanol–water partition coefficient (Wildman–Crippen LogP) is 4.79. The van der Waals surface area contributed by atoms with Crippen LogP contribution in [0.3, 0.4) is 0 Å². The van der Waals surface area contributed by atoms with Crippen molar-refractivity contribution in [3.05, 3.63) is 92.6 Å². The molecule has 2 aromatic carbocycles. The maximum Gasteiger partial charge on any atom is 0.487 e. The SMILES string of the molecule is O=C1[C@H]2[C@H](CC(COc3ccccc3)=C3B(O)O[C@H](c4ccc(O)cc4Cl)C[C@H]32)C(=O)N1Cc1cccs1. The van der Waals surface area contributed by atoms with Gasteiger partial charge >= 0.3 is 7.12 Å². The van der Waals surface area contributed by atoms with E-state index in [2.05, 4.69) is 0 Å². The van der Waals surface area contributed by atoms with Crippen molar-refractivity contribution < 1.29 is 29.1 Å². The van der Waals surface area contributed by atoms with E-state index in [9.17, 15) is 19.7 Å². The molecule has 1 aliphatic carbocycles. The Balaban J connectivity index is 1.36.